The Labute approximate surface area is 57.6 Å². The molecule has 6 heteroatoms. The molecule has 0 saturated carbocycles. The molecule has 0 aliphatic heterocycles. The summed E-state index contributed by atoms with van der Waals surface area (Å²) in [6.45, 7) is 0. The summed E-state index contributed by atoms with van der Waals surface area (Å²) in [4.78, 5) is 0. The fraction of sp³-hybridized carbons (Fsp3) is 0. The van der Waals surface area contributed by atoms with E-state index in [1.165, 1.54) is 0 Å². The largest absolute Gasteiger partial charge is 0.631 e. The summed E-state index contributed by atoms with van der Waals surface area (Å²) in [7, 11) is -2.17. The Bertz CT molecular complexity index is 12.3. The monoisotopic (exact) mass is 103 g/mol. The molecule has 0 saturated heterocycles. The first kappa shape index (κ1) is 15.8. The minimum Gasteiger partial charge on any atom is -0.412 e. The molecule has 0 aromatic rings. The molecular formula is H5BNaO4. The Morgan fingerprint density at radius 2 is 1.00 bits per heavy atom. The van der Waals surface area contributed by atoms with Crippen molar-refractivity contribution in [2.24, 2.45) is 0 Å². The van der Waals surface area contributed by atoms with Gasteiger partial charge in [-0.05, 0) is 0 Å². The molecular weight excluding hydrogens is 97.8 g/mol. The zero-order valence-electron chi connectivity index (χ0n) is 3.42. The maximum Gasteiger partial charge on any atom is 0.631 e. The number of rotatable bonds is 0. The molecule has 33 valence electrons. The van der Waals surface area contributed by atoms with E-state index in [0.717, 1.165) is 0 Å². The van der Waals surface area contributed by atoms with Crippen LogP contribution in [0.1, 0.15) is 0 Å². The molecule has 0 aromatic heterocycles. The summed E-state index contributed by atoms with van der Waals surface area (Å²) in [5.74, 6) is 0. The third-order valence-electron chi connectivity index (χ3n) is 0. The first-order valence-electron chi connectivity index (χ1n) is 0.775. The van der Waals surface area contributed by atoms with Crippen LogP contribution in [-0.4, -0.2) is 57.4 Å². The van der Waals surface area contributed by atoms with Crippen molar-refractivity contribution in [3.05, 3.63) is 0 Å². The zero-order chi connectivity index (χ0) is 3.58. The summed E-state index contributed by atoms with van der Waals surface area (Å²) in [5.41, 5.74) is 0. The van der Waals surface area contributed by atoms with Gasteiger partial charge in [0.1, 0.15) is 0 Å². The summed E-state index contributed by atoms with van der Waals surface area (Å²) < 4.78 is 0. The molecule has 6 heavy (non-hydrogen) atoms. The molecule has 0 aromatic carbocycles. The predicted molar refractivity (Wildman–Crippen MR) is 21.8 cm³/mol. The Balaban J connectivity index is -0.0000000450. The molecule has 0 spiro atoms. The SMILES string of the molecule is O.OB(O)O.[Na]. The molecule has 0 aliphatic rings. The molecule has 0 bridgehead atoms. The molecule has 5 N–H and O–H groups in total. The number of hydrogen-bond acceptors (Lipinski definition) is 3. The van der Waals surface area contributed by atoms with Crippen LogP contribution in [0, 0.1) is 0 Å². The molecule has 0 amide bonds. The van der Waals surface area contributed by atoms with Gasteiger partial charge in [-0.2, -0.15) is 0 Å². The predicted octanol–water partition coefficient (Wildman–Crippen LogP) is -3.26. The molecule has 1 radical (unpaired) electrons. The van der Waals surface area contributed by atoms with E-state index in [2.05, 4.69) is 0 Å². The topological polar surface area (TPSA) is 92.2 Å². The van der Waals surface area contributed by atoms with Gasteiger partial charge in [-0.15, -0.1) is 0 Å². The van der Waals surface area contributed by atoms with Crippen molar-refractivity contribution in [1.82, 2.24) is 0 Å². The van der Waals surface area contributed by atoms with Crippen LogP contribution in [0.4, 0.5) is 0 Å². The van der Waals surface area contributed by atoms with Crippen molar-refractivity contribution in [3.63, 3.8) is 0 Å². The van der Waals surface area contributed by atoms with Crippen molar-refractivity contribution in [1.29, 1.82) is 0 Å². The molecule has 0 aliphatic carbocycles. The van der Waals surface area contributed by atoms with Crippen LogP contribution >= 0.6 is 0 Å². The molecule has 0 atom stereocenters. The smallest absolute Gasteiger partial charge is 0.412 e. The fourth-order valence-electron chi connectivity index (χ4n) is 0. The second-order valence-corrected chi connectivity index (χ2v) is 0.346. The van der Waals surface area contributed by atoms with E-state index in [4.69, 9.17) is 15.1 Å². The van der Waals surface area contributed by atoms with E-state index >= 15 is 0 Å². The van der Waals surface area contributed by atoms with Gasteiger partial charge in [0.05, 0.1) is 0 Å². The minimum absolute atomic E-state index is 0. The Morgan fingerprint density at radius 1 is 1.00 bits per heavy atom. The average molecular weight is 103 g/mol. The van der Waals surface area contributed by atoms with E-state index in [1.54, 1.807) is 0 Å². The third-order valence-corrected chi connectivity index (χ3v) is 0. The van der Waals surface area contributed by atoms with Crippen LogP contribution in [0.2, 0.25) is 0 Å². The van der Waals surface area contributed by atoms with Gasteiger partial charge in [-0.25, -0.2) is 0 Å². The first-order chi connectivity index (χ1) is 1.73. The first-order valence-corrected chi connectivity index (χ1v) is 0.775. The van der Waals surface area contributed by atoms with Crippen LogP contribution in [0.5, 0.6) is 0 Å². The van der Waals surface area contributed by atoms with Gasteiger partial charge in [0, 0.05) is 29.6 Å². The molecule has 0 rings (SSSR count). The second-order valence-electron chi connectivity index (χ2n) is 0.346. The Kier molecular flexibility index (Phi) is 24.5. The minimum atomic E-state index is -2.17. The van der Waals surface area contributed by atoms with E-state index in [1.807, 2.05) is 0 Å². The van der Waals surface area contributed by atoms with Crippen molar-refractivity contribution >= 4 is 36.9 Å². The van der Waals surface area contributed by atoms with Crippen LogP contribution in [0.15, 0.2) is 0 Å². The normalized spacial score (nSPS) is 4.50. The van der Waals surface area contributed by atoms with Crippen molar-refractivity contribution < 1.29 is 20.5 Å². The summed E-state index contributed by atoms with van der Waals surface area (Å²) in [6, 6.07) is 0. The van der Waals surface area contributed by atoms with Crippen molar-refractivity contribution in [2.45, 2.75) is 0 Å². The van der Waals surface area contributed by atoms with Crippen LogP contribution < -0.4 is 0 Å². The van der Waals surface area contributed by atoms with Gasteiger partial charge in [0.15, 0.2) is 0 Å². The van der Waals surface area contributed by atoms with Gasteiger partial charge in [0.25, 0.3) is 0 Å². The maximum absolute atomic E-state index is 7.17. The Hall–Kier alpha value is 0.905. The van der Waals surface area contributed by atoms with Gasteiger partial charge >= 0.3 is 7.32 Å². The Morgan fingerprint density at radius 3 is 1.00 bits per heavy atom. The molecule has 0 unspecified atom stereocenters. The van der Waals surface area contributed by atoms with Crippen LogP contribution in [0.25, 0.3) is 0 Å². The average Bonchev–Trinajstić information content (AvgIpc) is 0.811. The molecule has 0 heterocycles. The fourth-order valence-corrected chi connectivity index (χ4v) is 0. The van der Waals surface area contributed by atoms with Crippen LogP contribution in [0.3, 0.4) is 0 Å². The maximum atomic E-state index is 7.17. The van der Waals surface area contributed by atoms with E-state index < -0.39 is 7.32 Å². The van der Waals surface area contributed by atoms with Gasteiger partial charge in [0.2, 0.25) is 0 Å². The van der Waals surface area contributed by atoms with E-state index in [9.17, 15) is 0 Å². The second kappa shape index (κ2) is 9.32. The standard InChI is InChI=1S/BH3O3.Na.H2O/c2-1(3)4;;/h2-4H;;1H2. The van der Waals surface area contributed by atoms with Crippen molar-refractivity contribution in [2.75, 3.05) is 0 Å². The van der Waals surface area contributed by atoms with Crippen molar-refractivity contribution in [3.8, 4) is 0 Å². The zero-order valence-corrected chi connectivity index (χ0v) is 5.42. The van der Waals surface area contributed by atoms with E-state index in [0.29, 0.717) is 0 Å². The molecule has 4 nitrogen and oxygen atoms in total. The molecule has 0 fully saturated rings. The van der Waals surface area contributed by atoms with Gasteiger partial charge in [-0.3, -0.25) is 0 Å². The van der Waals surface area contributed by atoms with E-state index in [-0.39, 0.29) is 35.0 Å². The van der Waals surface area contributed by atoms with Crippen LogP contribution in [-0.2, 0) is 0 Å². The van der Waals surface area contributed by atoms with Gasteiger partial charge < -0.3 is 20.5 Å². The summed E-state index contributed by atoms with van der Waals surface area (Å²) in [6.07, 6.45) is 0. The summed E-state index contributed by atoms with van der Waals surface area (Å²) >= 11 is 0. The summed E-state index contributed by atoms with van der Waals surface area (Å²) in [5, 5.41) is 21.5. The third kappa shape index (κ3) is 91.3. The van der Waals surface area contributed by atoms with Gasteiger partial charge in [-0.1, -0.05) is 0 Å². The quantitative estimate of drug-likeness (QED) is 0.281. The number of hydrogen-bond donors (Lipinski definition) is 3.